The van der Waals surface area contributed by atoms with Gasteiger partial charge >= 0.3 is 0 Å². The molecule has 1 aliphatic heterocycles. The lowest BCUT2D eigenvalue weighted by Crippen LogP contribution is -2.39. The van der Waals surface area contributed by atoms with Crippen LogP contribution in [0.15, 0.2) is 41.5 Å². The number of carbonyl (C=O) groups excluding carboxylic acids is 1. The standard InChI is InChI=1S/C20H22O2/c1-12-7-8-14-9-10-16-20(14)15(11-22-16)17(19(21)18(12)20)13-5-3-2-4-6-13/h2-6,14-17H,7-11H2,1H3/t14-,15-,16-,17-,20+/m1/s1. The number of carbonyl (C=O) groups is 1. The van der Waals surface area contributed by atoms with Gasteiger partial charge in [-0.05, 0) is 44.1 Å². The molecule has 2 nitrogen and oxygen atoms in total. The minimum atomic E-state index is 0.0230. The fourth-order valence-corrected chi connectivity index (χ4v) is 6.21. The Morgan fingerprint density at radius 1 is 1.14 bits per heavy atom. The van der Waals surface area contributed by atoms with Gasteiger partial charge in [0.1, 0.15) is 0 Å². The molecular formula is C20H22O2. The van der Waals surface area contributed by atoms with Crippen molar-refractivity contribution in [3.63, 3.8) is 0 Å². The van der Waals surface area contributed by atoms with E-state index in [0.29, 0.717) is 23.7 Å². The van der Waals surface area contributed by atoms with Gasteiger partial charge in [-0.25, -0.2) is 0 Å². The molecule has 114 valence electrons. The first-order chi connectivity index (χ1) is 10.7. The van der Waals surface area contributed by atoms with Crippen LogP contribution < -0.4 is 0 Å². The van der Waals surface area contributed by atoms with E-state index in [1.54, 1.807) is 0 Å². The van der Waals surface area contributed by atoms with Crippen LogP contribution in [0, 0.1) is 17.3 Å². The van der Waals surface area contributed by atoms with Gasteiger partial charge in [0.05, 0.1) is 18.6 Å². The van der Waals surface area contributed by atoms with Crippen molar-refractivity contribution in [1.82, 2.24) is 0 Å². The van der Waals surface area contributed by atoms with Crippen LogP contribution in [0.4, 0.5) is 0 Å². The predicted molar refractivity (Wildman–Crippen MR) is 84.5 cm³/mol. The Morgan fingerprint density at radius 3 is 2.77 bits per heavy atom. The van der Waals surface area contributed by atoms with Gasteiger partial charge in [-0.15, -0.1) is 0 Å². The topological polar surface area (TPSA) is 26.3 Å². The first-order valence-electron chi connectivity index (χ1n) is 8.65. The van der Waals surface area contributed by atoms with Gasteiger partial charge in [0.25, 0.3) is 0 Å². The van der Waals surface area contributed by atoms with E-state index in [-0.39, 0.29) is 11.3 Å². The van der Waals surface area contributed by atoms with E-state index in [0.717, 1.165) is 19.4 Å². The zero-order valence-corrected chi connectivity index (χ0v) is 13.0. The number of ether oxygens (including phenoxy) is 1. The van der Waals surface area contributed by atoms with Crippen LogP contribution in [0.1, 0.15) is 44.1 Å². The number of allylic oxidation sites excluding steroid dienone is 1. The van der Waals surface area contributed by atoms with Crippen LogP contribution in [-0.2, 0) is 9.53 Å². The van der Waals surface area contributed by atoms with Crippen LogP contribution in [0.3, 0.4) is 0 Å². The van der Waals surface area contributed by atoms with Gasteiger partial charge in [-0.2, -0.15) is 0 Å². The highest BCUT2D eigenvalue weighted by Gasteiger charge is 2.70. The molecule has 0 radical (unpaired) electrons. The fraction of sp³-hybridized carbons (Fsp3) is 0.550. The summed E-state index contributed by atoms with van der Waals surface area (Å²) < 4.78 is 6.23. The van der Waals surface area contributed by atoms with Gasteiger partial charge in [-0.1, -0.05) is 35.9 Å². The number of ketones is 1. The molecule has 3 fully saturated rings. The van der Waals surface area contributed by atoms with Crippen molar-refractivity contribution in [2.45, 2.75) is 44.6 Å². The summed E-state index contributed by atoms with van der Waals surface area (Å²) in [6.45, 7) is 2.96. The number of hydrogen-bond acceptors (Lipinski definition) is 2. The molecule has 2 saturated carbocycles. The van der Waals surface area contributed by atoms with Gasteiger partial charge in [0.2, 0.25) is 0 Å². The maximum atomic E-state index is 13.4. The summed E-state index contributed by atoms with van der Waals surface area (Å²) in [6.07, 6.45) is 5.04. The second-order valence-electron chi connectivity index (χ2n) is 7.58. The summed E-state index contributed by atoms with van der Waals surface area (Å²) in [4.78, 5) is 13.4. The molecule has 1 aromatic carbocycles. The third kappa shape index (κ3) is 1.34. The molecule has 0 amide bonds. The Kier molecular flexibility index (Phi) is 2.57. The smallest absolute Gasteiger partial charge is 0.167 e. The third-order valence-corrected chi connectivity index (χ3v) is 6.89. The summed E-state index contributed by atoms with van der Waals surface area (Å²) in [5, 5.41) is 0. The summed E-state index contributed by atoms with van der Waals surface area (Å²) in [7, 11) is 0. The molecule has 0 N–H and O–H groups in total. The van der Waals surface area contributed by atoms with Crippen molar-refractivity contribution in [3.8, 4) is 0 Å². The summed E-state index contributed by atoms with van der Waals surface area (Å²) in [5.41, 5.74) is 3.78. The molecule has 0 unspecified atom stereocenters. The SMILES string of the molecule is CC1=C2C(=O)[C@H](c3ccccc3)[C@H]3CO[C@@H]4CC[C@@H](CC1)[C@]234. The monoisotopic (exact) mass is 294 g/mol. The van der Waals surface area contributed by atoms with Gasteiger partial charge in [0, 0.05) is 16.9 Å². The molecule has 5 atom stereocenters. The maximum Gasteiger partial charge on any atom is 0.167 e. The first kappa shape index (κ1) is 13.1. The van der Waals surface area contributed by atoms with Gasteiger partial charge < -0.3 is 4.74 Å². The van der Waals surface area contributed by atoms with E-state index in [9.17, 15) is 4.79 Å². The molecule has 22 heavy (non-hydrogen) atoms. The Bertz CT molecular complexity index is 674. The van der Waals surface area contributed by atoms with E-state index in [4.69, 9.17) is 4.74 Å². The zero-order valence-electron chi connectivity index (χ0n) is 13.0. The molecule has 2 heteroatoms. The lowest BCUT2D eigenvalue weighted by atomic mass is 9.61. The highest BCUT2D eigenvalue weighted by molar-refractivity contribution is 6.06. The minimum Gasteiger partial charge on any atom is -0.377 e. The fourth-order valence-electron chi connectivity index (χ4n) is 6.21. The van der Waals surface area contributed by atoms with E-state index < -0.39 is 0 Å². The largest absolute Gasteiger partial charge is 0.377 e. The second-order valence-corrected chi connectivity index (χ2v) is 7.58. The van der Waals surface area contributed by atoms with Crippen molar-refractivity contribution >= 4 is 5.78 Å². The van der Waals surface area contributed by atoms with Crippen molar-refractivity contribution in [3.05, 3.63) is 47.0 Å². The van der Waals surface area contributed by atoms with Gasteiger partial charge in [-0.3, -0.25) is 4.79 Å². The molecule has 3 aliphatic carbocycles. The average molecular weight is 294 g/mol. The molecular weight excluding hydrogens is 272 g/mol. The van der Waals surface area contributed by atoms with E-state index in [1.165, 1.54) is 29.6 Å². The third-order valence-electron chi connectivity index (χ3n) is 6.89. The Labute approximate surface area is 131 Å². The number of hydrogen-bond donors (Lipinski definition) is 0. The highest BCUT2D eigenvalue weighted by atomic mass is 16.5. The number of rotatable bonds is 1. The van der Waals surface area contributed by atoms with Crippen molar-refractivity contribution in [2.75, 3.05) is 6.61 Å². The maximum absolute atomic E-state index is 13.4. The van der Waals surface area contributed by atoms with E-state index >= 15 is 0 Å². The molecule has 1 heterocycles. The number of Topliss-reactive ketones (excluding diaryl/α,β-unsaturated/α-hetero) is 1. The predicted octanol–water partition coefficient (Wildman–Crippen LogP) is 3.87. The molecule has 1 saturated heterocycles. The normalized spacial score (nSPS) is 42.7. The number of benzene rings is 1. The highest BCUT2D eigenvalue weighted by Crippen LogP contribution is 2.69. The molecule has 1 spiro atoms. The van der Waals surface area contributed by atoms with Gasteiger partial charge in [0.15, 0.2) is 5.78 Å². The molecule has 0 aromatic heterocycles. The lowest BCUT2D eigenvalue weighted by Gasteiger charge is -2.40. The molecule has 5 rings (SSSR count). The van der Waals surface area contributed by atoms with Crippen LogP contribution in [0.2, 0.25) is 0 Å². The van der Waals surface area contributed by atoms with Crippen molar-refractivity contribution < 1.29 is 9.53 Å². The van der Waals surface area contributed by atoms with Crippen molar-refractivity contribution in [2.24, 2.45) is 17.3 Å². The van der Waals surface area contributed by atoms with Crippen LogP contribution in [0.5, 0.6) is 0 Å². The Hall–Kier alpha value is -1.41. The van der Waals surface area contributed by atoms with Crippen LogP contribution in [0.25, 0.3) is 0 Å². The lowest BCUT2D eigenvalue weighted by molar-refractivity contribution is -0.117. The quantitative estimate of drug-likeness (QED) is 0.786. The summed E-state index contributed by atoms with van der Waals surface area (Å²) >= 11 is 0. The minimum absolute atomic E-state index is 0.0230. The summed E-state index contributed by atoms with van der Waals surface area (Å²) in [6, 6.07) is 10.4. The Balaban J connectivity index is 1.74. The second kappa shape index (κ2) is 4.32. The van der Waals surface area contributed by atoms with Crippen molar-refractivity contribution in [1.29, 1.82) is 0 Å². The van der Waals surface area contributed by atoms with E-state index in [1.807, 2.05) is 6.07 Å². The first-order valence-corrected chi connectivity index (χ1v) is 8.65. The summed E-state index contributed by atoms with van der Waals surface area (Å²) in [5.74, 6) is 1.47. The molecule has 4 aliphatic rings. The van der Waals surface area contributed by atoms with Crippen LogP contribution in [-0.4, -0.2) is 18.5 Å². The van der Waals surface area contributed by atoms with E-state index in [2.05, 4.69) is 31.2 Å². The Morgan fingerprint density at radius 2 is 1.95 bits per heavy atom. The average Bonchev–Trinajstić information content (AvgIpc) is 3.13. The molecule has 0 bridgehead atoms. The molecule has 1 aromatic rings. The zero-order chi connectivity index (χ0) is 14.9. The van der Waals surface area contributed by atoms with Crippen LogP contribution >= 0.6 is 0 Å².